The summed E-state index contributed by atoms with van der Waals surface area (Å²) in [5, 5.41) is 0. The van der Waals surface area contributed by atoms with Crippen LogP contribution in [-0.2, 0) is 21.3 Å². The van der Waals surface area contributed by atoms with Gasteiger partial charge in [-0.3, -0.25) is 0 Å². The first kappa shape index (κ1) is 16.0. The van der Waals surface area contributed by atoms with Crippen molar-refractivity contribution in [2.45, 2.75) is 30.8 Å². The van der Waals surface area contributed by atoms with Gasteiger partial charge in [0.1, 0.15) is 10.7 Å². The molecule has 0 saturated carbocycles. The number of methoxy groups -OCH3 is 1. The van der Waals surface area contributed by atoms with Crippen molar-refractivity contribution in [2.75, 3.05) is 13.7 Å². The molecule has 1 aromatic carbocycles. The van der Waals surface area contributed by atoms with Gasteiger partial charge >= 0.3 is 0 Å². The third-order valence-electron chi connectivity index (χ3n) is 2.44. The van der Waals surface area contributed by atoms with Gasteiger partial charge in [0, 0.05) is 13.7 Å². The molecule has 5 nitrogen and oxygen atoms in total. The number of benzene rings is 1. The first-order chi connectivity index (χ1) is 8.72. The number of hydrogen-bond acceptors (Lipinski definition) is 4. The van der Waals surface area contributed by atoms with Crippen LogP contribution in [0.2, 0.25) is 0 Å². The van der Waals surface area contributed by atoms with E-state index in [1.165, 1.54) is 19.2 Å². The summed E-state index contributed by atoms with van der Waals surface area (Å²) in [6, 6.07) is 3.82. The summed E-state index contributed by atoms with van der Waals surface area (Å²) in [7, 11) is -2.48. The van der Waals surface area contributed by atoms with Crippen LogP contribution >= 0.6 is 0 Å². The fourth-order valence-electron chi connectivity index (χ4n) is 1.70. The fraction of sp³-hybridized carbons (Fsp3) is 0.500. The third-order valence-corrected chi connectivity index (χ3v) is 4.17. The summed E-state index contributed by atoms with van der Waals surface area (Å²) in [4.78, 5) is -0.395. The first-order valence-electron chi connectivity index (χ1n) is 5.73. The second-order valence-corrected chi connectivity index (χ2v) is 6.54. The van der Waals surface area contributed by atoms with Crippen LogP contribution in [0.4, 0.5) is 4.39 Å². The molecule has 0 aliphatic heterocycles. The smallest absolute Gasteiger partial charge is 0.244 e. The van der Waals surface area contributed by atoms with Gasteiger partial charge in [0.25, 0.3) is 0 Å². The minimum absolute atomic E-state index is 0.153. The minimum Gasteiger partial charge on any atom is -0.383 e. The molecule has 0 fully saturated rings. The van der Waals surface area contributed by atoms with Crippen molar-refractivity contribution in [3.05, 3.63) is 29.6 Å². The lowest BCUT2D eigenvalue weighted by atomic mass is 10.1. The van der Waals surface area contributed by atoms with E-state index in [0.29, 0.717) is 5.56 Å². The molecule has 0 unspecified atom stereocenters. The number of rotatable bonds is 6. The molecule has 0 amide bonds. The van der Waals surface area contributed by atoms with E-state index in [9.17, 15) is 12.8 Å². The average Bonchev–Trinajstić information content (AvgIpc) is 2.26. The van der Waals surface area contributed by atoms with E-state index in [2.05, 4.69) is 4.72 Å². The lowest BCUT2D eigenvalue weighted by Gasteiger charge is -2.25. The molecular weight excluding hydrogens is 271 g/mol. The molecule has 19 heavy (non-hydrogen) atoms. The number of sulfonamides is 1. The molecule has 3 N–H and O–H groups in total. The van der Waals surface area contributed by atoms with Crippen molar-refractivity contribution in [1.82, 2.24) is 4.72 Å². The zero-order chi connectivity index (χ0) is 14.7. The molecule has 108 valence electrons. The standard InChI is InChI=1S/C12H19FN2O3S/c1-12(2,8-18-3)15-19(16,17)11-5-4-9(7-14)6-10(11)13/h4-6,15H,7-8,14H2,1-3H3. The van der Waals surface area contributed by atoms with E-state index in [-0.39, 0.29) is 13.2 Å². The Hall–Kier alpha value is -1.02. The maximum Gasteiger partial charge on any atom is 0.244 e. The van der Waals surface area contributed by atoms with Crippen molar-refractivity contribution in [3.63, 3.8) is 0 Å². The molecular formula is C12H19FN2O3S. The largest absolute Gasteiger partial charge is 0.383 e. The number of nitrogens with one attached hydrogen (secondary N) is 1. The SMILES string of the molecule is COCC(C)(C)NS(=O)(=O)c1ccc(CN)cc1F. The van der Waals surface area contributed by atoms with Crippen molar-refractivity contribution < 1.29 is 17.5 Å². The van der Waals surface area contributed by atoms with Gasteiger partial charge in [-0.15, -0.1) is 0 Å². The highest BCUT2D eigenvalue weighted by Gasteiger charge is 2.28. The van der Waals surface area contributed by atoms with Crippen molar-refractivity contribution in [1.29, 1.82) is 0 Å². The maximum absolute atomic E-state index is 13.8. The predicted molar refractivity (Wildman–Crippen MR) is 70.6 cm³/mol. The summed E-state index contributed by atoms with van der Waals surface area (Å²) in [5.41, 5.74) is 5.08. The van der Waals surface area contributed by atoms with Crippen molar-refractivity contribution in [3.8, 4) is 0 Å². The molecule has 0 atom stereocenters. The van der Waals surface area contributed by atoms with Crippen molar-refractivity contribution >= 4 is 10.0 Å². The van der Waals surface area contributed by atoms with Crippen LogP contribution in [0.3, 0.4) is 0 Å². The Morgan fingerprint density at radius 3 is 2.53 bits per heavy atom. The van der Waals surface area contributed by atoms with Crippen LogP contribution in [-0.4, -0.2) is 27.7 Å². The van der Waals surface area contributed by atoms with E-state index in [0.717, 1.165) is 6.07 Å². The van der Waals surface area contributed by atoms with Gasteiger partial charge in [0.05, 0.1) is 12.1 Å². The second-order valence-electron chi connectivity index (χ2n) is 4.89. The highest BCUT2D eigenvalue weighted by Crippen LogP contribution is 2.18. The summed E-state index contributed by atoms with van der Waals surface area (Å²) in [6.07, 6.45) is 0. The summed E-state index contributed by atoms with van der Waals surface area (Å²) in [6.45, 7) is 3.63. The molecule has 0 aliphatic carbocycles. The van der Waals surface area contributed by atoms with Gasteiger partial charge in [-0.05, 0) is 31.5 Å². The van der Waals surface area contributed by atoms with E-state index in [1.807, 2.05) is 0 Å². The lowest BCUT2D eigenvalue weighted by Crippen LogP contribution is -2.46. The number of ether oxygens (including phenoxy) is 1. The van der Waals surface area contributed by atoms with E-state index in [4.69, 9.17) is 10.5 Å². The lowest BCUT2D eigenvalue weighted by molar-refractivity contribution is 0.141. The molecule has 1 rings (SSSR count). The molecule has 0 heterocycles. The summed E-state index contributed by atoms with van der Waals surface area (Å²) >= 11 is 0. The second kappa shape index (κ2) is 5.96. The monoisotopic (exact) mass is 290 g/mol. The Balaban J connectivity index is 3.07. The van der Waals surface area contributed by atoms with Gasteiger partial charge < -0.3 is 10.5 Å². The average molecular weight is 290 g/mol. The molecule has 0 saturated heterocycles. The molecule has 0 aromatic heterocycles. The van der Waals surface area contributed by atoms with Gasteiger partial charge in [0.15, 0.2) is 0 Å². The Morgan fingerprint density at radius 2 is 2.05 bits per heavy atom. The van der Waals surface area contributed by atoms with Crippen LogP contribution in [0.25, 0.3) is 0 Å². The van der Waals surface area contributed by atoms with Crippen LogP contribution in [0, 0.1) is 5.82 Å². The van der Waals surface area contributed by atoms with E-state index in [1.54, 1.807) is 13.8 Å². The zero-order valence-electron chi connectivity index (χ0n) is 11.2. The van der Waals surface area contributed by atoms with Gasteiger partial charge in [0.2, 0.25) is 10.0 Å². The van der Waals surface area contributed by atoms with Gasteiger partial charge in [-0.25, -0.2) is 17.5 Å². The Morgan fingerprint density at radius 1 is 1.42 bits per heavy atom. The van der Waals surface area contributed by atoms with E-state index >= 15 is 0 Å². The number of nitrogens with two attached hydrogens (primary N) is 1. The zero-order valence-corrected chi connectivity index (χ0v) is 12.1. The fourth-order valence-corrected chi connectivity index (χ4v) is 3.16. The summed E-state index contributed by atoms with van der Waals surface area (Å²) < 4.78 is 45.3. The van der Waals surface area contributed by atoms with Gasteiger partial charge in [-0.2, -0.15) is 0 Å². The Bertz CT molecular complexity index is 544. The van der Waals surface area contributed by atoms with Gasteiger partial charge in [-0.1, -0.05) is 6.07 Å². The first-order valence-corrected chi connectivity index (χ1v) is 7.21. The molecule has 0 radical (unpaired) electrons. The topological polar surface area (TPSA) is 81.4 Å². The quantitative estimate of drug-likeness (QED) is 0.818. The van der Waals surface area contributed by atoms with Crippen LogP contribution in [0.5, 0.6) is 0 Å². The van der Waals surface area contributed by atoms with Crippen LogP contribution in [0.15, 0.2) is 23.1 Å². The highest BCUT2D eigenvalue weighted by molar-refractivity contribution is 7.89. The van der Waals surface area contributed by atoms with Crippen LogP contribution < -0.4 is 10.5 Å². The Kier molecular flexibility index (Phi) is 5.03. The molecule has 0 aliphatic rings. The summed E-state index contributed by atoms with van der Waals surface area (Å²) in [5.74, 6) is -0.816. The number of hydrogen-bond donors (Lipinski definition) is 2. The Labute approximate surface area is 113 Å². The minimum atomic E-state index is -3.94. The normalized spacial score (nSPS) is 12.7. The molecule has 0 spiro atoms. The van der Waals surface area contributed by atoms with Crippen LogP contribution in [0.1, 0.15) is 19.4 Å². The van der Waals surface area contributed by atoms with E-state index < -0.39 is 26.3 Å². The van der Waals surface area contributed by atoms with Crippen molar-refractivity contribution in [2.24, 2.45) is 5.73 Å². The number of halogens is 1. The molecule has 7 heteroatoms. The third kappa shape index (κ3) is 4.24. The molecule has 0 bridgehead atoms. The maximum atomic E-state index is 13.8. The molecule has 1 aromatic rings. The highest BCUT2D eigenvalue weighted by atomic mass is 32.2. The predicted octanol–water partition coefficient (Wildman–Crippen LogP) is 0.988.